The first-order valence-electron chi connectivity index (χ1n) is 2.85. The lowest BCUT2D eigenvalue weighted by Gasteiger charge is -2.04. The monoisotopic (exact) mass is 134 g/mol. The van der Waals surface area contributed by atoms with E-state index in [1.807, 2.05) is 13.8 Å². The Balaban J connectivity index is 3.79. The summed E-state index contributed by atoms with van der Waals surface area (Å²) >= 11 is 0. The largest absolute Gasteiger partial charge is 0.357 e. The fourth-order valence-corrected chi connectivity index (χ4v) is 0.533. The molecule has 0 aliphatic carbocycles. The van der Waals surface area contributed by atoms with Crippen LogP contribution in [0, 0.1) is 0 Å². The van der Waals surface area contributed by atoms with Gasteiger partial charge in [-0.25, -0.2) is 5.21 Å². The van der Waals surface area contributed by atoms with E-state index in [0.717, 1.165) is 0 Å². The Morgan fingerprint density at radius 1 is 1.44 bits per heavy atom. The van der Waals surface area contributed by atoms with Crippen molar-refractivity contribution in [3.05, 3.63) is 0 Å². The first-order chi connectivity index (χ1) is 4.26. The normalized spacial score (nSPS) is 11.6. The molecule has 0 saturated carbocycles. The fraction of sp³-hybridized carbons (Fsp3) is 1.00. The van der Waals surface area contributed by atoms with Crippen LogP contribution in [0.3, 0.4) is 0 Å². The Morgan fingerprint density at radius 3 is 2.00 bits per heavy atom. The molecule has 54 valence electrons. The zero-order valence-electron chi connectivity index (χ0n) is 5.65. The highest BCUT2D eigenvalue weighted by molar-refractivity contribution is 4.26. The van der Waals surface area contributed by atoms with Crippen LogP contribution in [0.2, 0.25) is 0 Å². The maximum atomic E-state index is 8.66. The molecule has 5 heteroatoms. The summed E-state index contributed by atoms with van der Waals surface area (Å²) in [6.45, 7) is 4.91. The van der Waals surface area contributed by atoms with Crippen LogP contribution in [0.4, 0.5) is 0 Å². The van der Waals surface area contributed by atoms with E-state index in [1.54, 1.807) is 0 Å². The average molecular weight is 134 g/mol. The third kappa shape index (κ3) is 2.16. The quantitative estimate of drug-likeness (QED) is 0.335. The predicted molar refractivity (Wildman–Crippen MR) is 29.2 cm³/mol. The second kappa shape index (κ2) is 3.94. The first-order valence-corrected chi connectivity index (χ1v) is 2.85. The molecule has 0 aromatic heterocycles. The maximum Gasteiger partial charge on any atom is 0.271 e. The van der Waals surface area contributed by atoms with E-state index >= 15 is 0 Å². The van der Waals surface area contributed by atoms with Crippen LogP contribution in [0.15, 0.2) is 5.28 Å². The topological polar surface area (TPSA) is 59.1 Å². The van der Waals surface area contributed by atoms with Gasteiger partial charge in [0.15, 0.2) is 0 Å². The van der Waals surface area contributed by atoms with Crippen LogP contribution in [0.5, 0.6) is 0 Å². The van der Waals surface area contributed by atoms with Gasteiger partial charge in [0, 0.05) is 0 Å². The molecule has 0 heterocycles. The summed E-state index contributed by atoms with van der Waals surface area (Å²) in [5.74, 6) is 0. The highest BCUT2D eigenvalue weighted by atomic mass is 16.6. The fourth-order valence-electron chi connectivity index (χ4n) is 0.533. The van der Waals surface area contributed by atoms with E-state index in [0.29, 0.717) is 18.1 Å². The van der Waals surface area contributed by atoms with Crippen molar-refractivity contribution >= 4 is 0 Å². The van der Waals surface area contributed by atoms with Gasteiger partial charge in [-0.3, -0.25) is 0 Å². The minimum absolute atomic E-state index is 0.417. The summed E-state index contributed by atoms with van der Waals surface area (Å²) in [6.07, 6.45) is 0. The minimum atomic E-state index is 0.417. The highest BCUT2D eigenvalue weighted by Gasteiger charge is 2.11. The zero-order valence-corrected chi connectivity index (χ0v) is 5.65. The van der Waals surface area contributed by atoms with Gasteiger partial charge in [0.05, 0.1) is 13.1 Å². The molecule has 0 spiro atoms. The molecule has 0 rings (SSSR count). The molecule has 0 radical (unpaired) electrons. The van der Waals surface area contributed by atoms with Gasteiger partial charge in [-0.05, 0) is 13.8 Å². The molecule has 0 saturated heterocycles. The zero-order chi connectivity index (χ0) is 7.28. The van der Waals surface area contributed by atoms with Crippen LogP contribution >= 0.6 is 0 Å². The van der Waals surface area contributed by atoms with Gasteiger partial charge in [-0.15, -0.1) is 5.01 Å². The Kier molecular flexibility index (Phi) is 3.50. The molecule has 9 heavy (non-hydrogen) atoms. The molecule has 0 aliphatic heterocycles. The van der Waals surface area contributed by atoms with Crippen LogP contribution < -0.4 is 0 Å². The minimum Gasteiger partial charge on any atom is -0.357 e. The van der Waals surface area contributed by atoms with E-state index in [2.05, 4.69) is 5.28 Å². The smallest absolute Gasteiger partial charge is 0.271 e. The maximum absolute atomic E-state index is 8.66. The summed E-state index contributed by atoms with van der Waals surface area (Å²) < 4.78 is 0. The molecule has 0 aromatic rings. The van der Waals surface area contributed by atoms with Crippen LogP contribution in [0.25, 0.3) is 0 Å². The molecule has 5 nitrogen and oxygen atoms in total. The molecule has 0 bridgehead atoms. The van der Waals surface area contributed by atoms with Gasteiger partial charge in [0.1, 0.15) is 0 Å². The molecule has 0 aliphatic rings. The van der Waals surface area contributed by atoms with E-state index in [9.17, 15) is 0 Å². The number of nitrogens with zero attached hydrogens (tertiary/aromatic N) is 3. The third-order valence-corrected chi connectivity index (χ3v) is 1.06. The molecule has 2 N–H and O–H groups in total. The van der Waals surface area contributed by atoms with Gasteiger partial charge in [-0.1, -0.05) is 0 Å². The number of hydrazine groups is 1. The number of rotatable bonds is 3. The van der Waals surface area contributed by atoms with Crippen LogP contribution in [-0.4, -0.2) is 33.5 Å². The van der Waals surface area contributed by atoms with Gasteiger partial charge in [-0.2, -0.15) is 0 Å². The van der Waals surface area contributed by atoms with Gasteiger partial charge in [0.25, 0.3) is 10.2 Å². The van der Waals surface area contributed by atoms with Crippen molar-refractivity contribution in [1.29, 1.82) is 0 Å². The van der Waals surface area contributed by atoms with Crippen molar-refractivity contribution in [2.24, 2.45) is 5.28 Å². The molecular weight excluding hydrogens is 122 g/mol. The van der Waals surface area contributed by atoms with E-state index in [-0.39, 0.29) is 0 Å². The van der Waals surface area contributed by atoms with Gasteiger partial charge >= 0.3 is 0 Å². The lowest BCUT2D eigenvalue weighted by molar-refractivity contribution is -0.940. The first kappa shape index (κ1) is 8.00. The van der Waals surface area contributed by atoms with E-state index in [1.165, 1.54) is 5.01 Å². The lowest BCUT2D eigenvalue weighted by Crippen LogP contribution is -2.31. The van der Waals surface area contributed by atoms with E-state index < -0.39 is 0 Å². The van der Waals surface area contributed by atoms with Crippen molar-refractivity contribution in [3.63, 3.8) is 0 Å². The van der Waals surface area contributed by atoms with Crippen molar-refractivity contribution in [2.75, 3.05) is 13.1 Å². The molecular formula is C4H12N3O2+. The highest BCUT2D eigenvalue weighted by Crippen LogP contribution is 1.84. The van der Waals surface area contributed by atoms with Crippen LogP contribution in [0.1, 0.15) is 13.8 Å². The van der Waals surface area contributed by atoms with Crippen molar-refractivity contribution in [3.8, 4) is 0 Å². The van der Waals surface area contributed by atoms with Crippen LogP contribution in [-0.2, 0) is 0 Å². The SMILES string of the molecule is CCN(CC)/[N+](O)=N/O. The summed E-state index contributed by atoms with van der Waals surface area (Å²) in [7, 11) is 0. The Labute approximate surface area is 53.7 Å². The average Bonchev–Trinajstić information content (AvgIpc) is 1.90. The standard InChI is InChI=1S/C4H11N3O2/c1-3-6(4-2)7(9)5-8/h9H,3-4H2,1-2H3/p+1. The van der Waals surface area contributed by atoms with Crippen molar-refractivity contribution < 1.29 is 15.4 Å². The summed E-state index contributed by atoms with van der Waals surface area (Å²) in [5, 5.41) is 20.7. The molecule has 0 aromatic carbocycles. The van der Waals surface area contributed by atoms with E-state index in [4.69, 9.17) is 10.4 Å². The number of hydrogen-bond donors (Lipinski definition) is 2. The molecule has 0 amide bonds. The predicted octanol–water partition coefficient (Wildman–Crippen LogP) is 0.486. The summed E-state index contributed by atoms with van der Waals surface area (Å²) in [6, 6.07) is 0. The molecule has 0 fully saturated rings. The van der Waals surface area contributed by atoms with Gasteiger partial charge in [0.2, 0.25) is 0 Å². The summed E-state index contributed by atoms with van der Waals surface area (Å²) in [4.78, 5) is 0.417. The summed E-state index contributed by atoms with van der Waals surface area (Å²) in [5.41, 5.74) is 0. The lowest BCUT2D eigenvalue weighted by atomic mass is 10.6. The van der Waals surface area contributed by atoms with Crippen molar-refractivity contribution in [1.82, 2.24) is 5.01 Å². The molecule has 0 unspecified atom stereocenters. The Morgan fingerprint density at radius 2 is 1.89 bits per heavy atom. The Hall–Kier alpha value is -1.00. The second-order valence-corrected chi connectivity index (χ2v) is 1.50. The van der Waals surface area contributed by atoms with Crippen molar-refractivity contribution in [2.45, 2.75) is 13.8 Å². The Bertz CT molecular complexity index is 100.0. The van der Waals surface area contributed by atoms with Gasteiger partial charge < -0.3 is 5.21 Å². The number of hydrogen-bond acceptors (Lipinski definition) is 1. The second-order valence-electron chi connectivity index (χ2n) is 1.50. The third-order valence-electron chi connectivity index (χ3n) is 1.06. The molecule has 0 atom stereocenters.